The largest absolute Gasteiger partial charge is 0.383 e. The second-order valence-corrected chi connectivity index (χ2v) is 20.3. The molecule has 2 saturated heterocycles. The van der Waals surface area contributed by atoms with Crippen LogP contribution in [0.3, 0.4) is 0 Å². The van der Waals surface area contributed by atoms with Gasteiger partial charge in [0.05, 0.1) is 22.7 Å². The normalized spacial score (nSPS) is 17.2. The number of sulfonamides is 1. The molecule has 7 aromatic rings. The Kier molecular flexibility index (Phi) is 12.1. The maximum atomic E-state index is 11.7. The van der Waals surface area contributed by atoms with Gasteiger partial charge in [0, 0.05) is 74.5 Å². The molecule has 2 fully saturated rings. The molecule has 344 valence electrons. The van der Waals surface area contributed by atoms with Crippen molar-refractivity contribution >= 4 is 72.2 Å². The van der Waals surface area contributed by atoms with Crippen molar-refractivity contribution in [1.82, 2.24) is 44.7 Å². The van der Waals surface area contributed by atoms with Crippen LogP contribution in [0.15, 0.2) is 54.7 Å². The lowest BCUT2D eigenvalue weighted by atomic mass is 10.0. The quantitative estimate of drug-likeness (QED) is 0.0830. The highest BCUT2D eigenvalue weighted by molar-refractivity contribution is 7.92. The highest BCUT2D eigenvalue weighted by Gasteiger charge is 2.26. The van der Waals surface area contributed by atoms with Crippen LogP contribution in [0.1, 0.15) is 83.3 Å². The number of H-pyrrole nitrogens is 1. The number of aromatic nitrogens is 7. The number of fused-ring (bicyclic) bond motifs is 5. The van der Waals surface area contributed by atoms with Gasteiger partial charge in [-0.1, -0.05) is 36.4 Å². The third-order valence-electron chi connectivity index (χ3n) is 14.0. The van der Waals surface area contributed by atoms with E-state index < -0.39 is 10.0 Å². The molecule has 0 bridgehead atoms. The van der Waals surface area contributed by atoms with Crippen LogP contribution in [0, 0.1) is 13.8 Å². The minimum atomic E-state index is -3.32. The summed E-state index contributed by atoms with van der Waals surface area (Å²) in [4.78, 5) is 36.5. The molecule has 4 aliphatic rings. The molecule has 0 unspecified atom stereocenters. The maximum Gasteiger partial charge on any atom is 0.229 e. The summed E-state index contributed by atoms with van der Waals surface area (Å²) < 4.78 is 26.0. The van der Waals surface area contributed by atoms with Gasteiger partial charge in [0.2, 0.25) is 21.9 Å². The summed E-state index contributed by atoms with van der Waals surface area (Å²) in [5.74, 6) is 2.17. The molecule has 16 nitrogen and oxygen atoms in total. The molecular weight excluding hydrogens is 849 g/mol. The van der Waals surface area contributed by atoms with Crippen molar-refractivity contribution in [2.45, 2.75) is 103 Å². The van der Waals surface area contributed by atoms with Crippen molar-refractivity contribution < 1.29 is 8.42 Å². The number of benzene rings is 2. The Hall–Kier alpha value is -6.17. The molecule has 0 amide bonds. The number of para-hydroxylation sites is 2. The third kappa shape index (κ3) is 9.28. The lowest BCUT2D eigenvalue weighted by molar-refractivity contribution is 0.211. The lowest BCUT2D eigenvalue weighted by Crippen LogP contribution is -2.39. The van der Waals surface area contributed by atoms with Crippen LogP contribution in [0.25, 0.3) is 33.0 Å². The van der Waals surface area contributed by atoms with E-state index in [0.717, 1.165) is 125 Å². The highest BCUT2D eigenvalue weighted by Crippen LogP contribution is 2.34. The zero-order chi connectivity index (χ0) is 45.5. The second-order valence-electron chi connectivity index (χ2n) is 18.6. The van der Waals surface area contributed by atoms with Crippen molar-refractivity contribution in [2.75, 3.05) is 59.3 Å². The number of rotatable bonds is 10. The summed E-state index contributed by atoms with van der Waals surface area (Å²) in [6.07, 6.45) is 13.6. The molecule has 66 heavy (non-hydrogen) atoms. The van der Waals surface area contributed by atoms with Crippen LogP contribution < -0.4 is 26.8 Å². The summed E-state index contributed by atoms with van der Waals surface area (Å²) >= 11 is 0. The zero-order valence-corrected chi connectivity index (χ0v) is 38.9. The number of nitrogens with two attached hydrogens (primary N) is 2. The number of hydrogen-bond donors (Lipinski definition) is 6. The van der Waals surface area contributed by atoms with Crippen molar-refractivity contribution in [1.29, 1.82) is 0 Å². The van der Waals surface area contributed by atoms with E-state index >= 15 is 0 Å². The van der Waals surface area contributed by atoms with E-state index in [1.54, 1.807) is 6.07 Å². The first-order chi connectivity index (χ1) is 31.9. The zero-order valence-electron chi connectivity index (χ0n) is 38.1. The standard InChI is InChI=1S/C25H29N7.C24H31N7O2S/c1-15-19-6-3-7-20(19)29-24-21(15)23(26)30-25(31-24)28-18-9-12-32(13-10-18)14-17-5-2-4-16-8-11-27-22(16)17;1-15-18-7-5-9-20(18)27-23-21(15)22(25)28-24(29-23)26-17-10-12-31(13-11-17)14-16-6-3-4-8-19(16)30-34(2,32)33/h2,4-5,8,11,18,27H,3,6-7,9-10,12-14H2,1H3,(H3,26,28,29,30,31);3-4,6,8,17,30H,5,7,9-14H2,1-2H3,(H3,25,26,27,28,29). The van der Waals surface area contributed by atoms with Gasteiger partial charge in [0.25, 0.3) is 0 Å². The maximum absolute atomic E-state index is 11.7. The Labute approximate surface area is 385 Å². The third-order valence-corrected chi connectivity index (χ3v) is 14.6. The number of hydrogen-bond acceptors (Lipinski definition) is 14. The average molecular weight is 909 g/mol. The Morgan fingerprint density at radius 2 is 1.17 bits per heavy atom. The number of pyridine rings is 2. The van der Waals surface area contributed by atoms with Gasteiger partial charge in [-0.15, -0.1) is 0 Å². The van der Waals surface area contributed by atoms with Gasteiger partial charge in [-0.05, 0) is 129 Å². The molecular formula is C49H60N14O2S. The molecule has 11 rings (SSSR count). The summed E-state index contributed by atoms with van der Waals surface area (Å²) in [6, 6.07) is 16.8. The number of anilines is 5. The van der Waals surface area contributed by atoms with Crippen LogP contribution in [0.2, 0.25) is 0 Å². The summed E-state index contributed by atoms with van der Waals surface area (Å²) in [7, 11) is -3.32. The van der Waals surface area contributed by atoms with Crippen LogP contribution in [-0.4, -0.2) is 97.6 Å². The SMILES string of the molecule is Cc1c2c(nc3nc(NC4CCN(Cc5cccc6cc[nH]c56)CC4)nc(N)c13)CCC2.Cc1c2c(nc3nc(NC4CCN(Cc5ccccc5NS(C)(=O)=O)CC4)nc(N)c13)CCC2. The number of nitrogens with zero attached hydrogens (tertiary/aromatic N) is 8. The number of piperidine rings is 2. The van der Waals surface area contributed by atoms with Gasteiger partial charge in [0.1, 0.15) is 11.6 Å². The first-order valence-electron chi connectivity index (χ1n) is 23.4. The fraction of sp³-hybridized carbons (Fsp3) is 0.429. The monoisotopic (exact) mass is 908 g/mol. The summed E-state index contributed by atoms with van der Waals surface area (Å²) in [5.41, 5.74) is 25.7. The summed E-state index contributed by atoms with van der Waals surface area (Å²) in [6.45, 7) is 9.76. The van der Waals surface area contributed by atoms with E-state index in [9.17, 15) is 8.42 Å². The van der Waals surface area contributed by atoms with Crippen molar-refractivity contribution in [3.8, 4) is 0 Å². The lowest BCUT2D eigenvalue weighted by Gasteiger charge is -2.32. The van der Waals surface area contributed by atoms with Crippen LogP contribution in [0.4, 0.5) is 29.2 Å². The predicted octanol–water partition coefficient (Wildman–Crippen LogP) is 6.81. The molecule has 0 saturated carbocycles. The predicted molar refractivity (Wildman–Crippen MR) is 264 cm³/mol. The molecule has 0 spiro atoms. The molecule has 2 aliphatic heterocycles. The van der Waals surface area contributed by atoms with Gasteiger partial charge < -0.3 is 27.1 Å². The number of aryl methyl sites for hydroxylation is 4. The highest BCUT2D eigenvalue weighted by atomic mass is 32.2. The van der Waals surface area contributed by atoms with E-state index in [-0.39, 0.29) is 6.04 Å². The number of aromatic amines is 1. The van der Waals surface area contributed by atoms with Crippen molar-refractivity contribution in [3.05, 3.63) is 99.5 Å². The Morgan fingerprint density at radius 1 is 0.652 bits per heavy atom. The van der Waals surface area contributed by atoms with E-state index in [1.165, 1.54) is 50.7 Å². The van der Waals surface area contributed by atoms with Crippen LogP contribution >= 0.6 is 0 Å². The summed E-state index contributed by atoms with van der Waals surface area (Å²) in [5, 5.41) is 10.1. The van der Waals surface area contributed by atoms with E-state index in [0.29, 0.717) is 47.5 Å². The second kappa shape index (κ2) is 18.2. The van der Waals surface area contributed by atoms with Crippen LogP contribution in [-0.2, 0) is 48.8 Å². The Balaban J connectivity index is 0.000000155. The fourth-order valence-electron chi connectivity index (χ4n) is 10.6. The smallest absolute Gasteiger partial charge is 0.229 e. The van der Waals surface area contributed by atoms with Crippen LogP contribution in [0.5, 0.6) is 0 Å². The van der Waals surface area contributed by atoms with E-state index in [1.807, 2.05) is 24.4 Å². The van der Waals surface area contributed by atoms with Gasteiger partial charge in [0.15, 0.2) is 11.3 Å². The molecule has 2 aromatic carbocycles. The van der Waals surface area contributed by atoms with Gasteiger partial charge in [-0.2, -0.15) is 19.9 Å². The first kappa shape index (κ1) is 43.7. The molecule has 0 radical (unpaired) electrons. The average Bonchev–Trinajstić information content (AvgIpc) is 4.08. The van der Waals surface area contributed by atoms with Crippen molar-refractivity contribution in [3.63, 3.8) is 0 Å². The minimum absolute atomic E-state index is 0.244. The molecule has 7 heterocycles. The number of likely N-dealkylation sites (tertiary alicyclic amines) is 2. The molecule has 17 heteroatoms. The fourth-order valence-corrected chi connectivity index (χ4v) is 11.2. The molecule has 2 aliphatic carbocycles. The van der Waals surface area contributed by atoms with Gasteiger partial charge in [-0.25, -0.2) is 18.4 Å². The van der Waals surface area contributed by atoms with E-state index in [2.05, 4.69) is 78.2 Å². The molecule has 5 aromatic heterocycles. The molecule has 0 atom stereocenters. The van der Waals surface area contributed by atoms with Gasteiger partial charge >= 0.3 is 0 Å². The van der Waals surface area contributed by atoms with Crippen molar-refractivity contribution in [2.24, 2.45) is 0 Å². The Morgan fingerprint density at radius 3 is 1.71 bits per heavy atom. The number of nitrogens with one attached hydrogen (secondary N) is 4. The first-order valence-corrected chi connectivity index (χ1v) is 25.3. The van der Waals surface area contributed by atoms with Gasteiger partial charge in [-0.3, -0.25) is 14.5 Å². The minimum Gasteiger partial charge on any atom is -0.383 e. The number of nitrogen functional groups attached to an aromatic ring is 2. The topological polar surface area (TPSA) is 222 Å². The Bertz CT molecular complexity index is 3050. The van der Waals surface area contributed by atoms with E-state index in [4.69, 9.17) is 31.4 Å². The molecule has 8 N–H and O–H groups in total.